The number of rotatable bonds is 13. The van der Waals surface area contributed by atoms with Crippen LogP contribution in [-0.2, 0) is 19.6 Å². The monoisotopic (exact) mass is 636 g/mol. The zero-order valence-corrected chi connectivity index (χ0v) is 26.2. The van der Waals surface area contributed by atoms with Gasteiger partial charge in [-0.2, -0.15) is 13.2 Å². The molecule has 0 heterocycles. The van der Waals surface area contributed by atoms with Crippen molar-refractivity contribution in [1.29, 1.82) is 0 Å². The average Bonchev–Trinajstić information content (AvgIpc) is 3.09. The van der Waals surface area contributed by atoms with Gasteiger partial charge in [0.15, 0.2) is 23.0 Å². The summed E-state index contributed by atoms with van der Waals surface area (Å²) in [4.78, 5) is 0. The van der Waals surface area contributed by atoms with Crippen molar-refractivity contribution in [3.05, 3.63) is 154 Å². The molecule has 240 valence electrons. The summed E-state index contributed by atoms with van der Waals surface area (Å²) in [6.07, 6.45) is 1.47. The highest BCUT2D eigenvalue weighted by molar-refractivity contribution is 5.78. The molecule has 5 rings (SSSR count). The molecule has 0 N–H and O–H groups in total. The third-order valence-electron chi connectivity index (χ3n) is 7.39. The van der Waals surface area contributed by atoms with Crippen molar-refractivity contribution in [3.63, 3.8) is 0 Å². The third-order valence-corrected chi connectivity index (χ3v) is 7.39. The van der Waals surface area contributed by atoms with Crippen LogP contribution >= 0.6 is 0 Å². The highest BCUT2D eigenvalue weighted by Crippen LogP contribution is 2.33. The molecule has 0 saturated heterocycles. The number of alkyl halides is 3. The fourth-order valence-corrected chi connectivity index (χ4v) is 5.00. The van der Waals surface area contributed by atoms with Crippen LogP contribution in [0.5, 0.6) is 23.0 Å². The van der Waals surface area contributed by atoms with Gasteiger partial charge in [-0.25, -0.2) is 0 Å². The van der Waals surface area contributed by atoms with Gasteiger partial charge in [0.2, 0.25) is 0 Å². The van der Waals surface area contributed by atoms with Crippen LogP contribution in [0.25, 0.3) is 24.3 Å². The van der Waals surface area contributed by atoms with Gasteiger partial charge in [-0.3, -0.25) is 0 Å². The van der Waals surface area contributed by atoms with E-state index in [1.54, 1.807) is 68.9 Å². The third kappa shape index (κ3) is 9.53. The Balaban J connectivity index is 1.39. The van der Waals surface area contributed by atoms with Gasteiger partial charge in [0.05, 0.1) is 20.6 Å². The molecule has 7 heteroatoms. The minimum absolute atomic E-state index is 0.177. The summed E-state index contributed by atoms with van der Waals surface area (Å²) in [6.45, 7) is 0.701. The van der Waals surface area contributed by atoms with E-state index in [0.29, 0.717) is 47.3 Å². The predicted molar refractivity (Wildman–Crippen MR) is 182 cm³/mol. The van der Waals surface area contributed by atoms with Crippen molar-refractivity contribution in [2.24, 2.45) is 0 Å². The van der Waals surface area contributed by atoms with Crippen LogP contribution in [0, 0.1) is 0 Å². The second-order valence-corrected chi connectivity index (χ2v) is 10.7. The standard InChI is InChI=1S/C40H35F3O4/c1-44-36-22-18-29(24-38(36)46-27-31-10-5-3-6-11-31)16-20-33-14-9-15-34(35(33)26-40(41,42)43)21-17-30-19-23-37(45-2)39(25-30)47-28-32-12-7-4-8-13-32/h3-25H,26-28H2,1-2H3/b20-16+,21-17+. The fraction of sp³-hybridized carbons (Fsp3) is 0.150. The Hall–Kier alpha value is -5.43. The van der Waals surface area contributed by atoms with Gasteiger partial charge in [-0.15, -0.1) is 0 Å². The van der Waals surface area contributed by atoms with Crippen molar-refractivity contribution >= 4 is 24.3 Å². The maximum absolute atomic E-state index is 13.8. The maximum Gasteiger partial charge on any atom is 0.393 e. The van der Waals surface area contributed by atoms with Gasteiger partial charge in [0.25, 0.3) is 0 Å². The largest absolute Gasteiger partial charge is 0.493 e. The molecular formula is C40H35F3O4. The van der Waals surface area contributed by atoms with E-state index in [1.165, 1.54) is 0 Å². The summed E-state index contributed by atoms with van der Waals surface area (Å²) >= 11 is 0. The van der Waals surface area contributed by atoms with E-state index in [2.05, 4.69) is 0 Å². The molecule has 0 unspecified atom stereocenters. The van der Waals surface area contributed by atoms with Crippen LogP contribution in [0.4, 0.5) is 13.2 Å². The Labute approximate surface area is 273 Å². The van der Waals surface area contributed by atoms with Crippen molar-refractivity contribution in [3.8, 4) is 23.0 Å². The van der Waals surface area contributed by atoms with E-state index in [-0.39, 0.29) is 5.56 Å². The van der Waals surface area contributed by atoms with Crippen molar-refractivity contribution in [1.82, 2.24) is 0 Å². The molecule has 0 aliphatic carbocycles. The number of halogens is 3. The van der Waals surface area contributed by atoms with E-state index in [0.717, 1.165) is 22.3 Å². The number of hydrogen-bond acceptors (Lipinski definition) is 4. The molecule has 4 nitrogen and oxygen atoms in total. The Morgan fingerprint density at radius 3 is 1.36 bits per heavy atom. The van der Waals surface area contributed by atoms with Crippen LogP contribution in [0.2, 0.25) is 0 Å². The Kier molecular flexibility index (Phi) is 11.0. The lowest BCUT2D eigenvalue weighted by Gasteiger charge is -2.14. The average molecular weight is 637 g/mol. The quantitative estimate of drug-likeness (QED) is 0.121. The van der Waals surface area contributed by atoms with E-state index < -0.39 is 12.6 Å². The SMILES string of the molecule is COc1ccc(/C=C/c2cccc(/C=C/c3ccc(OC)c(OCc4ccccc4)c3)c2CC(F)(F)F)cc1OCc1ccccc1. The Morgan fingerprint density at radius 1 is 0.511 bits per heavy atom. The van der Waals surface area contributed by atoms with Gasteiger partial charge in [0, 0.05) is 0 Å². The predicted octanol–water partition coefficient (Wildman–Crippen LogP) is 10.3. The normalized spacial score (nSPS) is 11.6. The van der Waals surface area contributed by atoms with E-state index in [4.69, 9.17) is 18.9 Å². The lowest BCUT2D eigenvalue weighted by molar-refractivity contribution is -0.127. The Morgan fingerprint density at radius 2 is 0.957 bits per heavy atom. The molecule has 5 aromatic rings. The number of benzene rings is 5. The molecule has 0 atom stereocenters. The topological polar surface area (TPSA) is 36.9 Å². The summed E-state index contributed by atoms with van der Waals surface area (Å²) in [7, 11) is 3.13. The van der Waals surface area contributed by atoms with Crippen LogP contribution < -0.4 is 18.9 Å². The number of methoxy groups -OCH3 is 2. The van der Waals surface area contributed by atoms with Gasteiger partial charge in [-0.05, 0) is 63.2 Å². The second kappa shape index (κ2) is 15.7. The van der Waals surface area contributed by atoms with Crippen molar-refractivity contribution in [2.45, 2.75) is 25.8 Å². The first-order valence-electron chi connectivity index (χ1n) is 15.1. The van der Waals surface area contributed by atoms with Crippen molar-refractivity contribution in [2.75, 3.05) is 14.2 Å². The van der Waals surface area contributed by atoms with Gasteiger partial charge >= 0.3 is 6.18 Å². The highest BCUT2D eigenvalue weighted by Gasteiger charge is 2.29. The zero-order valence-electron chi connectivity index (χ0n) is 26.2. The summed E-state index contributed by atoms with van der Waals surface area (Å²) in [5, 5.41) is 0. The number of ether oxygens (including phenoxy) is 4. The molecule has 0 spiro atoms. The van der Waals surface area contributed by atoms with Crippen LogP contribution in [0.3, 0.4) is 0 Å². The first-order chi connectivity index (χ1) is 22.8. The highest BCUT2D eigenvalue weighted by atomic mass is 19.4. The zero-order chi connectivity index (χ0) is 33.1. The molecule has 0 radical (unpaired) electrons. The summed E-state index contributed by atoms with van der Waals surface area (Å²) < 4.78 is 64.5. The Bertz CT molecular complexity index is 1690. The molecule has 0 bridgehead atoms. The molecule has 0 fully saturated rings. The molecular weight excluding hydrogens is 601 g/mol. The molecule has 0 amide bonds. The molecule has 47 heavy (non-hydrogen) atoms. The molecule has 5 aromatic carbocycles. The van der Waals surface area contributed by atoms with Crippen LogP contribution in [-0.4, -0.2) is 20.4 Å². The molecule has 0 aliphatic heterocycles. The number of hydrogen-bond donors (Lipinski definition) is 0. The first kappa shape index (κ1) is 32.9. The lowest BCUT2D eigenvalue weighted by Crippen LogP contribution is -2.13. The van der Waals surface area contributed by atoms with Crippen LogP contribution in [0.15, 0.2) is 115 Å². The summed E-state index contributed by atoms with van der Waals surface area (Å²) in [5.74, 6) is 2.21. The summed E-state index contributed by atoms with van der Waals surface area (Å²) in [5.41, 5.74) is 4.63. The lowest BCUT2D eigenvalue weighted by atomic mass is 9.96. The van der Waals surface area contributed by atoms with Crippen molar-refractivity contribution < 1.29 is 32.1 Å². The molecule has 0 saturated carbocycles. The fourth-order valence-electron chi connectivity index (χ4n) is 5.00. The summed E-state index contributed by atoms with van der Waals surface area (Å²) in [6, 6.07) is 35.5. The van der Waals surface area contributed by atoms with Gasteiger partial charge in [-0.1, -0.05) is 115 Å². The minimum Gasteiger partial charge on any atom is -0.493 e. The van der Waals surface area contributed by atoms with E-state index in [1.807, 2.05) is 84.9 Å². The second-order valence-electron chi connectivity index (χ2n) is 10.7. The van der Waals surface area contributed by atoms with Gasteiger partial charge in [0.1, 0.15) is 13.2 Å². The van der Waals surface area contributed by atoms with Crippen LogP contribution in [0.1, 0.15) is 38.9 Å². The first-order valence-corrected chi connectivity index (χ1v) is 15.1. The minimum atomic E-state index is -4.40. The van der Waals surface area contributed by atoms with E-state index in [9.17, 15) is 13.2 Å². The smallest absolute Gasteiger partial charge is 0.393 e. The van der Waals surface area contributed by atoms with E-state index >= 15 is 0 Å². The maximum atomic E-state index is 13.8. The molecule has 0 aromatic heterocycles. The molecule has 0 aliphatic rings. The van der Waals surface area contributed by atoms with Gasteiger partial charge < -0.3 is 18.9 Å².